The molecule has 21 heavy (non-hydrogen) atoms. The zero-order chi connectivity index (χ0) is 14.4. The normalized spacial score (nSPS) is 21.4. The molecule has 5 nitrogen and oxygen atoms in total. The number of hydrogen-bond donors (Lipinski definition) is 1. The van der Waals surface area contributed by atoms with Crippen molar-refractivity contribution in [2.45, 2.75) is 31.7 Å². The van der Waals surface area contributed by atoms with Crippen LogP contribution in [0.4, 0.5) is 5.95 Å². The Morgan fingerprint density at radius 2 is 2.00 bits per heavy atom. The van der Waals surface area contributed by atoms with Gasteiger partial charge in [0.15, 0.2) is 0 Å². The summed E-state index contributed by atoms with van der Waals surface area (Å²) < 4.78 is 1.96. The van der Waals surface area contributed by atoms with Crippen LogP contribution in [0.15, 0.2) is 36.4 Å². The second-order valence-electron chi connectivity index (χ2n) is 5.65. The number of para-hydroxylation sites is 1. The molecule has 1 aliphatic rings. The minimum Gasteiger partial charge on any atom is -0.366 e. The van der Waals surface area contributed by atoms with Crippen LogP contribution in [0, 0.1) is 0 Å². The fraction of sp³-hybridized carbons (Fsp3) is 0.312. The van der Waals surface area contributed by atoms with Gasteiger partial charge < -0.3 is 5.73 Å². The van der Waals surface area contributed by atoms with Crippen LogP contribution in [0.5, 0.6) is 0 Å². The van der Waals surface area contributed by atoms with E-state index >= 15 is 0 Å². The molecular weight excluding hydrogens is 262 g/mol. The highest BCUT2D eigenvalue weighted by Crippen LogP contribution is 2.36. The molecule has 3 heterocycles. The van der Waals surface area contributed by atoms with Gasteiger partial charge in [0.2, 0.25) is 5.95 Å². The summed E-state index contributed by atoms with van der Waals surface area (Å²) in [6.07, 6.45) is 1.93. The van der Waals surface area contributed by atoms with Gasteiger partial charge in [-0.25, -0.2) is 4.68 Å². The Morgan fingerprint density at radius 3 is 2.90 bits per heavy atom. The van der Waals surface area contributed by atoms with E-state index in [1.54, 1.807) is 0 Å². The molecule has 0 radical (unpaired) electrons. The topological polar surface area (TPSA) is 69.6 Å². The number of nitrogens with zero attached hydrogens (tertiary/aromatic N) is 4. The molecule has 0 saturated carbocycles. The molecule has 3 aromatic rings. The second kappa shape index (κ2) is 4.55. The van der Waals surface area contributed by atoms with Crippen molar-refractivity contribution >= 4 is 16.9 Å². The zero-order valence-corrected chi connectivity index (χ0v) is 11.9. The average Bonchev–Trinajstić information content (AvgIpc) is 2.89. The summed E-state index contributed by atoms with van der Waals surface area (Å²) in [5, 5.41) is 5.50. The summed E-state index contributed by atoms with van der Waals surface area (Å²) in [5.74, 6) is 1.70. The summed E-state index contributed by atoms with van der Waals surface area (Å²) in [7, 11) is 0. The van der Waals surface area contributed by atoms with Crippen molar-refractivity contribution < 1.29 is 0 Å². The Bertz CT molecular complexity index is 807. The van der Waals surface area contributed by atoms with Gasteiger partial charge in [0.1, 0.15) is 5.82 Å². The first-order chi connectivity index (χ1) is 10.2. The third-order valence-corrected chi connectivity index (χ3v) is 4.37. The number of hydrogen-bond acceptors (Lipinski definition) is 4. The number of pyridine rings is 1. The van der Waals surface area contributed by atoms with E-state index in [1.807, 2.05) is 16.8 Å². The van der Waals surface area contributed by atoms with Gasteiger partial charge in [-0.05, 0) is 25.5 Å². The van der Waals surface area contributed by atoms with E-state index in [9.17, 15) is 0 Å². The molecule has 0 aliphatic carbocycles. The molecule has 0 fully saturated rings. The molecule has 0 bridgehead atoms. The Morgan fingerprint density at radius 1 is 1.14 bits per heavy atom. The summed E-state index contributed by atoms with van der Waals surface area (Å²) in [6, 6.07) is 12.7. The quantitative estimate of drug-likeness (QED) is 0.743. The highest BCUT2D eigenvalue weighted by molar-refractivity contribution is 5.78. The van der Waals surface area contributed by atoms with Gasteiger partial charge in [-0.2, -0.15) is 4.98 Å². The fourth-order valence-corrected chi connectivity index (χ4v) is 3.25. The van der Waals surface area contributed by atoms with Crippen molar-refractivity contribution in [1.82, 2.24) is 19.7 Å². The maximum Gasteiger partial charge on any atom is 0.239 e. The molecular formula is C16H17N5. The Kier molecular flexibility index (Phi) is 2.67. The number of fused-ring (bicyclic) bond motifs is 2. The van der Waals surface area contributed by atoms with Crippen LogP contribution in [0.2, 0.25) is 0 Å². The summed E-state index contributed by atoms with van der Waals surface area (Å²) in [6.45, 7) is 2.16. The van der Waals surface area contributed by atoms with E-state index in [-0.39, 0.29) is 6.04 Å². The van der Waals surface area contributed by atoms with Crippen LogP contribution >= 0.6 is 0 Å². The van der Waals surface area contributed by atoms with Gasteiger partial charge in [-0.3, -0.25) is 4.98 Å². The summed E-state index contributed by atoms with van der Waals surface area (Å²) in [5.41, 5.74) is 7.89. The van der Waals surface area contributed by atoms with E-state index in [1.165, 1.54) is 5.39 Å². The lowest BCUT2D eigenvalue weighted by Gasteiger charge is -2.29. The van der Waals surface area contributed by atoms with Crippen molar-refractivity contribution in [3.63, 3.8) is 0 Å². The standard InChI is InChI=1S/C16H17N5/c1-10-12(7-9-15-19-16(17)20-21(10)15)14-8-6-11-4-2-3-5-13(11)18-14/h2-6,8,10,12H,7,9H2,1H3,(H2,17,20). The van der Waals surface area contributed by atoms with Gasteiger partial charge >= 0.3 is 0 Å². The smallest absolute Gasteiger partial charge is 0.239 e. The lowest BCUT2D eigenvalue weighted by atomic mass is 9.88. The minimum atomic E-state index is 0.229. The number of rotatable bonds is 1. The highest BCUT2D eigenvalue weighted by atomic mass is 15.4. The van der Waals surface area contributed by atoms with E-state index in [0.717, 1.165) is 29.9 Å². The van der Waals surface area contributed by atoms with E-state index in [4.69, 9.17) is 10.7 Å². The van der Waals surface area contributed by atoms with Gasteiger partial charge in [0, 0.05) is 23.4 Å². The largest absolute Gasteiger partial charge is 0.366 e. The van der Waals surface area contributed by atoms with E-state index in [2.05, 4.69) is 41.3 Å². The molecule has 4 rings (SSSR count). The SMILES string of the molecule is CC1C(c2ccc3ccccc3n2)CCc2nc(N)nn21. The number of aryl methyl sites for hydroxylation is 1. The van der Waals surface area contributed by atoms with Crippen LogP contribution in [-0.4, -0.2) is 19.7 Å². The summed E-state index contributed by atoms with van der Waals surface area (Å²) >= 11 is 0. The van der Waals surface area contributed by atoms with Gasteiger partial charge in [0.25, 0.3) is 0 Å². The lowest BCUT2D eigenvalue weighted by molar-refractivity contribution is 0.334. The van der Waals surface area contributed by atoms with Crippen LogP contribution < -0.4 is 5.73 Å². The van der Waals surface area contributed by atoms with Crippen molar-refractivity contribution in [1.29, 1.82) is 0 Å². The lowest BCUT2D eigenvalue weighted by Crippen LogP contribution is -2.25. The number of benzene rings is 1. The van der Waals surface area contributed by atoms with Crippen molar-refractivity contribution in [3.8, 4) is 0 Å². The molecule has 1 aromatic carbocycles. The maximum atomic E-state index is 5.72. The van der Waals surface area contributed by atoms with Gasteiger partial charge in [0.05, 0.1) is 11.6 Å². The number of nitrogens with two attached hydrogens (primary N) is 1. The molecule has 2 atom stereocenters. The second-order valence-corrected chi connectivity index (χ2v) is 5.65. The first-order valence-electron chi connectivity index (χ1n) is 7.29. The molecule has 106 valence electrons. The molecule has 0 amide bonds. The highest BCUT2D eigenvalue weighted by Gasteiger charge is 2.30. The molecule has 2 N–H and O–H groups in total. The van der Waals surface area contributed by atoms with Gasteiger partial charge in [-0.15, -0.1) is 5.10 Å². The van der Waals surface area contributed by atoms with Crippen molar-refractivity contribution in [2.75, 3.05) is 5.73 Å². The maximum absolute atomic E-state index is 5.72. The number of aromatic nitrogens is 4. The van der Waals surface area contributed by atoms with Crippen LogP contribution in [-0.2, 0) is 6.42 Å². The third kappa shape index (κ3) is 1.96. The van der Waals surface area contributed by atoms with Crippen LogP contribution in [0.1, 0.15) is 36.8 Å². The van der Waals surface area contributed by atoms with Crippen LogP contribution in [0.25, 0.3) is 10.9 Å². The number of anilines is 1. The predicted molar refractivity (Wildman–Crippen MR) is 82.0 cm³/mol. The fourth-order valence-electron chi connectivity index (χ4n) is 3.25. The third-order valence-electron chi connectivity index (χ3n) is 4.37. The first kappa shape index (κ1) is 12.3. The van der Waals surface area contributed by atoms with E-state index < -0.39 is 0 Å². The minimum absolute atomic E-state index is 0.229. The first-order valence-corrected chi connectivity index (χ1v) is 7.29. The monoisotopic (exact) mass is 279 g/mol. The Balaban J connectivity index is 1.75. The van der Waals surface area contributed by atoms with E-state index in [0.29, 0.717) is 11.9 Å². The van der Waals surface area contributed by atoms with Gasteiger partial charge in [-0.1, -0.05) is 24.3 Å². The molecule has 0 saturated heterocycles. The zero-order valence-electron chi connectivity index (χ0n) is 11.9. The van der Waals surface area contributed by atoms with Crippen molar-refractivity contribution in [2.24, 2.45) is 0 Å². The predicted octanol–water partition coefficient (Wildman–Crippen LogP) is 2.70. The van der Waals surface area contributed by atoms with Crippen LogP contribution in [0.3, 0.4) is 0 Å². The molecule has 5 heteroatoms. The summed E-state index contributed by atoms with van der Waals surface area (Å²) in [4.78, 5) is 9.13. The Hall–Kier alpha value is -2.43. The Labute approximate surface area is 122 Å². The van der Waals surface area contributed by atoms with Crippen molar-refractivity contribution in [3.05, 3.63) is 47.9 Å². The molecule has 0 spiro atoms. The number of nitrogen functional groups attached to an aromatic ring is 1. The molecule has 2 aromatic heterocycles. The average molecular weight is 279 g/mol. The molecule has 2 unspecified atom stereocenters. The molecule has 1 aliphatic heterocycles.